The Labute approximate surface area is 128 Å². The molecule has 21 heavy (non-hydrogen) atoms. The molecule has 0 aromatic heterocycles. The number of hydrogen-bond acceptors (Lipinski definition) is 4. The van der Waals surface area contributed by atoms with Crippen molar-refractivity contribution in [3.05, 3.63) is 29.8 Å². The van der Waals surface area contributed by atoms with Gasteiger partial charge in [-0.1, -0.05) is 12.1 Å². The highest BCUT2D eigenvalue weighted by atomic mass is 16.5. The van der Waals surface area contributed by atoms with E-state index in [4.69, 9.17) is 15.2 Å². The molecule has 0 aliphatic heterocycles. The maximum Gasteiger partial charge on any atom is 0.118 e. The molecule has 1 fully saturated rings. The van der Waals surface area contributed by atoms with Gasteiger partial charge >= 0.3 is 0 Å². The summed E-state index contributed by atoms with van der Waals surface area (Å²) in [6.45, 7) is 1.58. The van der Waals surface area contributed by atoms with Gasteiger partial charge in [-0.2, -0.15) is 0 Å². The van der Waals surface area contributed by atoms with Gasteiger partial charge in [0.1, 0.15) is 5.75 Å². The lowest BCUT2D eigenvalue weighted by molar-refractivity contribution is -0.0149. The number of nitrogens with zero attached hydrogens (tertiary/aromatic N) is 1. The summed E-state index contributed by atoms with van der Waals surface area (Å²) < 4.78 is 10.8. The van der Waals surface area contributed by atoms with E-state index in [-0.39, 0.29) is 5.54 Å². The summed E-state index contributed by atoms with van der Waals surface area (Å²) in [7, 11) is 5.67. The summed E-state index contributed by atoms with van der Waals surface area (Å²) in [4.78, 5) is 2.40. The molecule has 0 radical (unpaired) electrons. The zero-order valence-electron chi connectivity index (χ0n) is 13.5. The van der Waals surface area contributed by atoms with Crippen molar-refractivity contribution in [2.24, 2.45) is 5.73 Å². The summed E-state index contributed by atoms with van der Waals surface area (Å²) in [5.41, 5.74) is 7.48. The Hall–Kier alpha value is -1.10. The third kappa shape index (κ3) is 3.76. The fraction of sp³-hybridized carbons (Fsp3) is 0.647. The van der Waals surface area contributed by atoms with Crippen LogP contribution in [0.15, 0.2) is 24.3 Å². The topological polar surface area (TPSA) is 47.7 Å². The minimum Gasteiger partial charge on any atom is -0.497 e. The summed E-state index contributed by atoms with van der Waals surface area (Å²) in [5.74, 6) is 0.895. The molecule has 1 aromatic rings. The number of likely N-dealkylation sites (N-methyl/N-ethyl adjacent to an activating group) is 1. The highest BCUT2D eigenvalue weighted by Crippen LogP contribution is 2.34. The Balaban J connectivity index is 2.06. The molecule has 0 heterocycles. The van der Waals surface area contributed by atoms with Crippen LogP contribution in [0.3, 0.4) is 0 Å². The van der Waals surface area contributed by atoms with Gasteiger partial charge in [0, 0.05) is 25.7 Å². The second-order valence-electron chi connectivity index (χ2n) is 6.09. The summed E-state index contributed by atoms with van der Waals surface area (Å²) in [6, 6.07) is 8.26. The maximum atomic E-state index is 6.14. The third-order valence-electron chi connectivity index (χ3n) is 4.88. The van der Waals surface area contributed by atoms with Crippen molar-refractivity contribution in [1.29, 1.82) is 0 Å². The molecular formula is C17H28N2O2. The molecule has 1 aromatic carbocycles. The van der Waals surface area contributed by atoms with Gasteiger partial charge < -0.3 is 15.2 Å². The predicted molar refractivity (Wildman–Crippen MR) is 85.5 cm³/mol. The SMILES string of the molecule is COc1ccc(CN(C)C2(CN)CCCC(OC)C2)cc1. The van der Waals surface area contributed by atoms with Crippen molar-refractivity contribution in [2.75, 3.05) is 27.8 Å². The Kier molecular flexibility index (Phi) is 5.62. The van der Waals surface area contributed by atoms with E-state index in [2.05, 4.69) is 24.1 Å². The van der Waals surface area contributed by atoms with Crippen LogP contribution in [-0.4, -0.2) is 44.4 Å². The average molecular weight is 292 g/mol. The normalized spacial score (nSPS) is 26.0. The van der Waals surface area contributed by atoms with E-state index in [1.807, 2.05) is 12.1 Å². The van der Waals surface area contributed by atoms with Gasteiger partial charge in [-0.3, -0.25) is 4.90 Å². The first-order chi connectivity index (χ1) is 10.1. The molecule has 4 heteroatoms. The number of nitrogens with two attached hydrogens (primary N) is 1. The van der Waals surface area contributed by atoms with Crippen LogP contribution < -0.4 is 10.5 Å². The molecule has 4 nitrogen and oxygen atoms in total. The van der Waals surface area contributed by atoms with E-state index in [0.717, 1.165) is 31.6 Å². The van der Waals surface area contributed by atoms with E-state index >= 15 is 0 Å². The molecule has 1 aliphatic carbocycles. The minimum atomic E-state index is 0.0544. The van der Waals surface area contributed by atoms with E-state index in [9.17, 15) is 0 Å². The van der Waals surface area contributed by atoms with Crippen LogP contribution in [0.1, 0.15) is 31.2 Å². The fourth-order valence-corrected chi connectivity index (χ4v) is 3.35. The largest absolute Gasteiger partial charge is 0.497 e. The molecule has 0 bridgehead atoms. The zero-order valence-corrected chi connectivity index (χ0v) is 13.5. The second-order valence-corrected chi connectivity index (χ2v) is 6.09. The second kappa shape index (κ2) is 7.25. The zero-order chi connectivity index (χ0) is 15.3. The van der Waals surface area contributed by atoms with E-state index in [1.54, 1.807) is 14.2 Å². The van der Waals surface area contributed by atoms with Gasteiger partial charge in [-0.05, 0) is 50.4 Å². The van der Waals surface area contributed by atoms with Crippen LogP contribution in [0.25, 0.3) is 0 Å². The molecule has 2 rings (SSSR count). The molecule has 118 valence electrons. The van der Waals surface area contributed by atoms with Crippen LogP contribution in [0.5, 0.6) is 5.75 Å². The van der Waals surface area contributed by atoms with Crippen molar-refractivity contribution < 1.29 is 9.47 Å². The van der Waals surface area contributed by atoms with E-state index < -0.39 is 0 Å². The summed E-state index contributed by atoms with van der Waals surface area (Å²) >= 11 is 0. The van der Waals surface area contributed by atoms with Gasteiger partial charge in [0.2, 0.25) is 0 Å². The molecule has 1 aliphatic rings. The highest BCUT2D eigenvalue weighted by molar-refractivity contribution is 5.27. The first-order valence-electron chi connectivity index (χ1n) is 7.70. The standard InChI is InChI=1S/C17H28N2O2/c1-19(12-14-6-8-15(20-2)9-7-14)17(13-18)10-4-5-16(11-17)21-3/h6-9,16H,4-5,10-13,18H2,1-3H3. The summed E-state index contributed by atoms with van der Waals surface area (Å²) in [5, 5.41) is 0. The lowest BCUT2D eigenvalue weighted by Gasteiger charge is -2.46. The van der Waals surface area contributed by atoms with E-state index in [0.29, 0.717) is 12.6 Å². The van der Waals surface area contributed by atoms with Crippen molar-refractivity contribution in [3.63, 3.8) is 0 Å². The van der Waals surface area contributed by atoms with Crippen molar-refractivity contribution in [1.82, 2.24) is 4.90 Å². The van der Waals surface area contributed by atoms with Crippen LogP contribution in [-0.2, 0) is 11.3 Å². The molecular weight excluding hydrogens is 264 g/mol. The number of rotatable bonds is 6. The Bertz CT molecular complexity index is 435. The first-order valence-corrected chi connectivity index (χ1v) is 7.70. The van der Waals surface area contributed by atoms with Crippen LogP contribution in [0.2, 0.25) is 0 Å². The van der Waals surface area contributed by atoms with Crippen molar-refractivity contribution in [2.45, 2.75) is 43.9 Å². The van der Waals surface area contributed by atoms with Crippen LogP contribution >= 0.6 is 0 Å². The minimum absolute atomic E-state index is 0.0544. The van der Waals surface area contributed by atoms with Gasteiger partial charge in [0.05, 0.1) is 13.2 Å². The predicted octanol–water partition coefficient (Wildman–Crippen LogP) is 2.41. The molecule has 0 spiro atoms. The van der Waals surface area contributed by atoms with Crippen molar-refractivity contribution >= 4 is 0 Å². The first kappa shape index (κ1) is 16.3. The fourth-order valence-electron chi connectivity index (χ4n) is 3.35. The molecule has 2 atom stereocenters. The number of benzene rings is 1. The number of ether oxygens (including phenoxy) is 2. The van der Waals surface area contributed by atoms with Gasteiger partial charge in [0.25, 0.3) is 0 Å². The molecule has 2 unspecified atom stereocenters. The maximum absolute atomic E-state index is 6.14. The molecule has 0 amide bonds. The molecule has 1 saturated carbocycles. The quantitative estimate of drug-likeness (QED) is 0.875. The molecule has 0 saturated heterocycles. The summed E-state index contributed by atoms with van der Waals surface area (Å²) in [6.07, 6.45) is 4.83. The third-order valence-corrected chi connectivity index (χ3v) is 4.88. The number of methoxy groups -OCH3 is 2. The lowest BCUT2D eigenvalue weighted by atomic mass is 9.78. The average Bonchev–Trinajstić information content (AvgIpc) is 2.55. The van der Waals surface area contributed by atoms with Gasteiger partial charge in [0.15, 0.2) is 0 Å². The van der Waals surface area contributed by atoms with Gasteiger partial charge in [-0.15, -0.1) is 0 Å². The Morgan fingerprint density at radius 3 is 2.57 bits per heavy atom. The van der Waals surface area contributed by atoms with Gasteiger partial charge in [-0.25, -0.2) is 0 Å². The molecule has 2 N–H and O–H groups in total. The lowest BCUT2D eigenvalue weighted by Crippen LogP contribution is -2.55. The van der Waals surface area contributed by atoms with Crippen LogP contribution in [0, 0.1) is 0 Å². The van der Waals surface area contributed by atoms with Crippen molar-refractivity contribution in [3.8, 4) is 5.75 Å². The highest BCUT2D eigenvalue weighted by Gasteiger charge is 2.38. The Morgan fingerprint density at radius 1 is 1.29 bits per heavy atom. The number of hydrogen-bond donors (Lipinski definition) is 1. The van der Waals surface area contributed by atoms with Crippen LogP contribution in [0.4, 0.5) is 0 Å². The van der Waals surface area contributed by atoms with E-state index in [1.165, 1.54) is 12.0 Å². The Morgan fingerprint density at radius 2 is 2.00 bits per heavy atom. The monoisotopic (exact) mass is 292 g/mol. The smallest absolute Gasteiger partial charge is 0.118 e.